The Morgan fingerprint density at radius 1 is 1.33 bits per heavy atom. The van der Waals surface area contributed by atoms with Gasteiger partial charge in [-0.2, -0.15) is 5.10 Å². The van der Waals surface area contributed by atoms with Crippen molar-refractivity contribution in [2.75, 3.05) is 18.4 Å². The number of halogens is 1. The average Bonchev–Trinajstić information content (AvgIpc) is 3.22. The molecule has 2 aromatic rings. The second-order valence-electron chi connectivity index (χ2n) is 8.36. The number of nitrogens with one attached hydrogen (secondary N) is 2. The lowest BCUT2D eigenvalue weighted by molar-refractivity contribution is -0.116. The second-order valence-corrected chi connectivity index (χ2v) is 8.36. The van der Waals surface area contributed by atoms with E-state index in [2.05, 4.69) is 50.5 Å². The summed E-state index contributed by atoms with van der Waals surface area (Å²) >= 11 is 0. The van der Waals surface area contributed by atoms with Crippen LogP contribution in [0.3, 0.4) is 0 Å². The molecule has 1 aliphatic rings. The van der Waals surface area contributed by atoms with Gasteiger partial charge in [0.05, 0.1) is 11.4 Å². The van der Waals surface area contributed by atoms with E-state index < -0.39 is 0 Å². The van der Waals surface area contributed by atoms with Crippen LogP contribution in [-0.2, 0) is 10.2 Å². The third kappa shape index (κ3) is 5.56. The highest BCUT2D eigenvalue weighted by Gasteiger charge is 2.22. The minimum atomic E-state index is -0.0793. The molecule has 1 amide bonds. The van der Waals surface area contributed by atoms with Crippen molar-refractivity contribution in [3.8, 4) is 5.69 Å². The smallest absolute Gasteiger partial charge is 0.225 e. The van der Waals surface area contributed by atoms with E-state index in [1.165, 1.54) is 12.0 Å². The van der Waals surface area contributed by atoms with Crippen LogP contribution in [0.4, 0.5) is 5.82 Å². The van der Waals surface area contributed by atoms with E-state index in [0.717, 1.165) is 36.7 Å². The molecule has 0 saturated carbocycles. The summed E-state index contributed by atoms with van der Waals surface area (Å²) < 4.78 is 1.85. The molecule has 3 rings (SSSR count). The fourth-order valence-corrected chi connectivity index (χ4v) is 3.29. The minimum absolute atomic E-state index is 0. The number of carbonyl (C=O) groups excluding carboxylic acids is 1. The van der Waals surface area contributed by atoms with Gasteiger partial charge in [-0.1, -0.05) is 32.9 Å². The van der Waals surface area contributed by atoms with Crippen LogP contribution in [-0.4, -0.2) is 28.8 Å². The van der Waals surface area contributed by atoms with Crippen LogP contribution in [0, 0.1) is 12.8 Å². The number of rotatable bonds is 5. The molecule has 0 radical (unpaired) electrons. The Morgan fingerprint density at radius 2 is 2.11 bits per heavy atom. The van der Waals surface area contributed by atoms with Gasteiger partial charge in [-0.05, 0) is 56.5 Å². The van der Waals surface area contributed by atoms with E-state index in [-0.39, 0.29) is 23.7 Å². The van der Waals surface area contributed by atoms with Crippen LogP contribution < -0.4 is 10.6 Å². The molecule has 148 valence electrons. The number of benzene rings is 1. The van der Waals surface area contributed by atoms with E-state index in [9.17, 15) is 4.79 Å². The summed E-state index contributed by atoms with van der Waals surface area (Å²) in [6.45, 7) is 10.6. The Morgan fingerprint density at radius 3 is 2.74 bits per heavy atom. The first-order valence-corrected chi connectivity index (χ1v) is 9.51. The Labute approximate surface area is 168 Å². The molecule has 5 nitrogen and oxygen atoms in total. The molecule has 6 heteroatoms. The zero-order chi connectivity index (χ0) is 18.7. The van der Waals surface area contributed by atoms with E-state index in [1.807, 2.05) is 22.9 Å². The van der Waals surface area contributed by atoms with Gasteiger partial charge in [0, 0.05) is 17.9 Å². The largest absolute Gasteiger partial charge is 0.316 e. The van der Waals surface area contributed by atoms with Gasteiger partial charge in [0.15, 0.2) is 0 Å². The van der Waals surface area contributed by atoms with Crippen molar-refractivity contribution < 1.29 is 4.79 Å². The van der Waals surface area contributed by atoms with Gasteiger partial charge in [0.25, 0.3) is 0 Å². The molecule has 27 heavy (non-hydrogen) atoms. The standard InChI is InChI=1S/C21H30N4O.ClH/c1-15-6-5-7-17(12-15)25-19(13-18(24-25)21(2,3)4)23-20(26)9-8-16-10-11-22-14-16;/h5-7,12-13,16,22H,8-11,14H2,1-4H3,(H,23,26);1H. The SMILES string of the molecule is Cc1cccc(-n2nc(C(C)(C)C)cc2NC(=O)CCC2CCNC2)c1.Cl. The maximum absolute atomic E-state index is 12.5. The third-order valence-corrected chi connectivity index (χ3v) is 4.93. The highest BCUT2D eigenvalue weighted by Crippen LogP contribution is 2.27. The third-order valence-electron chi connectivity index (χ3n) is 4.93. The van der Waals surface area contributed by atoms with Crippen molar-refractivity contribution in [1.29, 1.82) is 0 Å². The van der Waals surface area contributed by atoms with Crippen molar-refractivity contribution in [3.63, 3.8) is 0 Å². The topological polar surface area (TPSA) is 59.0 Å². The maximum Gasteiger partial charge on any atom is 0.225 e. The highest BCUT2D eigenvalue weighted by molar-refractivity contribution is 5.90. The Kier molecular flexibility index (Phi) is 7.06. The summed E-state index contributed by atoms with van der Waals surface area (Å²) in [5.74, 6) is 1.42. The quantitative estimate of drug-likeness (QED) is 0.803. The summed E-state index contributed by atoms with van der Waals surface area (Å²) in [4.78, 5) is 12.5. The van der Waals surface area contributed by atoms with Crippen molar-refractivity contribution >= 4 is 24.1 Å². The zero-order valence-electron chi connectivity index (χ0n) is 16.7. The van der Waals surface area contributed by atoms with Gasteiger partial charge in [-0.25, -0.2) is 4.68 Å². The first kappa shape index (κ1) is 21.5. The number of nitrogens with zero attached hydrogens (tertiary/aromatic N) is 2. The lowest BCUT2D eigenvalue weighted by Gasteiger charge is -2.14. The van der Waals surface area contributed by atoms with Crippen molar-refractivity contribution in [3.05, 3.63) is 41.6 Å². The van der Waals surface area contributed by atoms with Gasteiger partial charge in [-0.3, -0.25) is 4.79 Å². The molecule has 1 aromatic heterocycles. The van der Waals surface area contributed by atoms with Gasteiger partial charge < -0.3 is 10.6 Å². The molecule has 0 aliphatic carbocycles. The van der Waals surface area contributed by atoms with Gasteiger partial charge in [-0.15, -0.1) is 12.4 Å². The molecule has 2 heterocycles. The number of hydrogen-bond acceptors (Lipinski definition) is 3. The van der Waals surface area contributed by atoms with Crippen LogP contribution >= 0.6 is 12.4 Å². The number of anilines is 1. The fourth-order valence-electron chi connectivity index (χ4n) is 3.29. The van der Waals surface area contributed by atoms with E-state index in [0.29, 0.717) is 12.3 Å². The fraction of sp³-hybridized carbons (Fsp3) is 0.524. The number of carbonyl (C=O) groups is 1. The summed E-state index contributed by atoms with van der Waals surface area (Å²) in [7, 11) is 0. The molecular formula is C21H31ClN4O. The zero-order valence-corrected chi connectivity index (χ0v) is 17.5. The van der Waals surface area contributed by atoms with E-state index in [1.54, 1.807) is 0 Å². The first-order valence-electron chi connectivity index (χ1n) is 9.51. The number of aryl methyl sites for hydroxylation is 1. The number of amides is 1. The van der Waals surface area contributed by atoms with Gasteiger partial charge in [0.1, 0.15) is 5.82 Å². The molecule has 1 saturated heterocycles. The first-order chi connectivity index (χ1) is 12.3. The van der Waals surface area contributed by atoms with Crippen molar-refractivity contribution in [2.45, 2.75) is 52.4 Å². The van der Waals surface area contributed by atoms with Crippen molar-refractivity contribution in [2.24, 2.45) is 5.92 Å². The summed E-state index contributed by atoms with van der Waals surface area (Å²) in [6.07, 6.45) is 2.66. The Hall–Kier alpha value is -1.85. The van der Waals surface area contributed by atoms with Crippen LogP contribution in [0.15, 0.2) is 30.3 Å². The molecule has 0 bridgehead atoms. The molecule has 1 unspecified atom stereocenters. The molecule has 2 N–H and O–H groups in total. The second kappa shape index (κ2) is 8.89. The van der Waals surface area contributed by atoms with Gasteiger partial charge >= 0.3 is 0 Å². The van der Waals surface area contributed by atoms with Crippen LogP contribution in [0.2, 0.25) is 0 Å². The molecule has 1 fully saturated rings. The summed E-state index contributed by atoms with van der Waals surface area (Å²) in [6, 6.07) is 10.2. The van der Waals surface area contributed by atoms with Crippen molar-refractivity contribution in [1.82, 2.24) is 15.1 Å². The normalized spacial score (nSPS) is 16.8. The molecule has 1 aromatic carbocycles. The van der Waals surface area contributed by atoms with Crippen LogP contribution in [0.5, 0.6) is 0 Å². The Bertz CT molecular complexity index is 773. The van der Waals surface area contributed by atoms with E-state index in [4.69, 9.17) is 5.10 Å². The maximum atomic E-state index is 12.5. The molecular weight excluding hydrogens is 360 g/mol. The van der Waals surface area contributed by atoms with Gasteiger partial charge in [0.2, 0.25) is 5.91 Å². The predicted molar refractivity (Wildman–Crippen MR) is 113 cm³/mol. The average molecular weight is 391 g/mol. The predicted octanol–water partition coefficient (Wildman–Crippen LogP) is 4.23. The number of aromatic nitrogens is 2. The molecule has 1 atom stereocenters. The van der Waals surface area contributed by atoms with E-state index >= 15 is 0 Å². The summed E-state index contributed by atoms with van der Waals surface area (Å²) in [5.41, 5.74) is 3.02. The molecule has 1 aliphatic heterocycles. The molecule has 0 spiro atoms. The Balaban J connectivity index is 0.00000261. The van der Waals surface area contributed by atoms with Crippen LogP contribution in [0.1, 0.15) is 51.3 Å². The lowest BCUT2D eigenvalue weighted by Crippen LogP contribution is -2.17. The lowest BCUT2D eigenvalue weighted by atomic mass is 9.92. The monoisotopic (exact) mass is 390 g/mol. The highest BCUT2D eigenvalue weighted by atomic mass is 35.5. The summed E-state index contributed by atoms with van der Waals surface area (Å²) in [5, 5.41) is 11.2. The number of hydrogen-bond donors (Lipinski definition) is 2. The minimum Gasteiger partial charge on any atom is -0.316 e. The van der Waals surface area contributed by atoms with Crippen LogP contribution in [0.25, 0.3) is 5.69 Å².